The van der Waals surface area contributed by atoms with Gasteiger partial charge in [-0.05, 0) is 6.42 Å². The third kappa shape index (κ3) is 3.06. The van der Waals surface area contributed by atoms with Gasteiger partial charge in [-0.3, -0.25) is 16.0 Å². The molecule has 0 radical (unpaired) electrons. The number of methoxy groups -OCH3 is 1. The summed E-state index contributed by atoms with van der Waals surface area (Å²) >= 11 is 0. The molecule has 1 heterocycles. The van der Waals surface area contributed by atoms with Gasteiger partial charge < -0.3 is 4.74 Å². The van der Waals surface area contributed by atoms with Gasteiger partial charge in [-0.25, -0.2) is 4.98 Å². The van der Waals surface area contributed by atoms with Gasteiger partial charge in [0.1, 0.15) is 12.2 Å². The first-order valence-electron chi connectivity index (χ1n) is 4.56. The van der Waals surface area contributed by atoms with Crippen LogP contribution in [0.15, 0.2) is 6.33 Å². The van der Waals surface area contributed by atoms with Crippen LogP contribution >= 0.6 is 0 Å². The minimum absolute atomic E-state index is 0.179. The Kier molecular flexibility index (Phi) is 4.51. The Morgan fingerprint density at radius 3 is 3.00 bits per heavy atom. The number of nitrogens with one attached hydrogen (secondary N) is 1. The van der Waals surface area contributed by atoms with E-state index in [-0.39, 0.29) is 6.04 Å². The first kappa shape index (κ1) is 11.1. The van der Waals surface area contributed by atoms with E-state index in [4.69, 9.17) is 10.6 Å². The third-order valence-corrected chi connectivity index (χ3v) is 2.14. The fraction of sp³-hybridized carbons (Fsp3) is 0.750. The van der Waals surface area contributed by atoms with Crippen LogP contribution in [0.25, 0.3) is 0 Å². The van der Waals surface area contributed by atoms with Crippen LogP contribution < -0.4 is 11.3 Å². The molecule has 0 aliphatic carbocycles. The summed E-state index contributed by atoms with van der Waals surface area (Å²) in [6.07, 6.45) is 3.16. The number of rotatable bonds is 6. The molecule has 1 aromatic rings. The molecule has 0 bridgehead atoms. The van der Waals surface area contributed by atoms with Crippen LogP contribution in [0, 0.1) is 0 Å². The summed E-state index contributed by atoms with van der Waals surface area (Å²) in [6.45, 7) is 0.687. The normalized spacial score (nSPS) is 13.1. The smallest absolute Gasteiger partial charge is 0.138 e. The van der Waals surface area contributed by atoms with Gasteiger partial charge >= 0.3 is 0 Å². The van der Waals surface area contributed by atoms with Gasteiger partial charge in [0.2, 0.25) is 0 Å². The van der Waals surface area contributed by atoms with E-state index in [1.807, 2.05) is 7.05 Å². The molecular formula is C8H17N5O. The van der Waals surface area contributed by atoms with Crippen molar-refractivity contribution in [3.63, 3.8) is 0 Å². The fourth-order valence-electron chi connectivity index (χ4n) is 1.23. The van der Waals surface area contributed by atoms with Crippen molar-refractivity contribution in [3.8, 4) is 0 Å². The highest BCUT2D eigenvalue weighted by molar-refractivity contribution is 4.88. The van der Waals surface area contributed by atoms with Gasteiger partial charge in [-0.2, -0.15) is 5.10 Å². The number of hydrazine groups is 1. The van der Waals surface area contributed by atoms with E-state index >= 15 is 0 Å². The second-order valence-electron chi connectivity index (χ2n) is 3.15. The van der Waals surface area contributed by atoms with E-state index in [0.29, 0.717) is 6.61 Å². The summed E-state index contributed by atoms with van der Waals surface area (Å²) in [5.41, 5.74) is 2.74. The number of hydrogen-bond acceptors (Lipinski definition) is 5. The van der Waals surface area contributed by atoms with E-state index in [1.165, 1.54) is 0 Å². The van der Waals surface area contributed by atoms with Crippen LogP contribution in [0.2, 0.25) is 0 Å². The summed E-state index contributed by atoms with van der Waals surface area (Å²) in [7, 11) is 3.54. The lowest BCUT2D eigenvalue weighted by atomic mass is 10.1. The first-order chi connectivity index (χ1) is 6.77. The largest absolute Gasteiger partial charge is 0.385 e. The maximum absolute atomic E-state index is 5.42. The third-order valence-electron chi connectivity index (χ3n) is 2.14. The van der Waals surface area contributed by atoms with Crippen LogP contribution in [0.3, 0.4) is 0 Å². The van der Waals surface area contributed by atoms with Gasteiger partial charge in [-0.1, -0.05) is 0 Å². The predicted octanol–water partition coefficient (Wildman–Crippen LogP) is -0.774. The Hall–Kier alpha value is -0.980. The molecule has 0 aromatic carbocycles. The van der Waals surface area contributed by atoms with Gasteiger partial charge in [0.25, 0.3) is 0 Å². The molecule has 3 N–H and O–H groups in total. The second-order valence-corrected chi connectivity index (χ2v) is 3.15. The Labute approximate surface area is 83.4 Å². The Bertz CT molecular complexity index is 262. The highest BCUT2D eigenvalue weighted by Crippen LogP contribution is 2.00. The van der Waals surface area contributed by atoms with Crippen molar-refractivity contribution in [2.45, 2.75) is 18.9 Å². The lowest BCUT2D eigenvalue weighted by molar-refractivity contribution is 0.182. The van der Waals surface area contributed by atoms with Crippen molar-refractivity contribution in [2.75, 3.05) is 13.7 Å². The molecule has 0 aliphatic heterocycles. The topological polar surface area (TPSA) is 78.0 Å². The molecule has 6 nitrogen and oxygen atoms in total. The standard InChI is InChI=1S/C8H17N5O/c1-13-8(10-6-11-13)5-7(12-9)3-4-14-2/h6-7,12H,3-5,9H2,1-2H3. The zero-order chi connectivity index (χ0) is 10.4. The molecule has 0 saturated heterocycles. The van der Waals surface area contributed by atoms with Crippen molar-refractivity contribution >= 4 is 0 Å². The molecule has 0 saturated carbocycles. The van der Waals surface area contributed by atoms with Crippen LogP contribution in [0.5, 0.6) is 0 Å². The van der Waals surface area contributed by atoms with Gasteiger partial charge in [0, 0.05) is 33.2 Å². The zero-order valence-corrected chi connectivity index (χ0v) is 8.60. The molecule has 0 amide bonds. The Morgan fingerprint density at radius 2 is 2.50 bits per heavy atom. The highest BCUT2D eigenvalue weighted by Gasteiger charge is 2.10. The fourth-order valence-corrected chi connectivity index (χ4v) is 1.23. The van der Waals surface area contributed by atoms with Gasteiger partial charge in [0.05, 0.1) is 0 Å². The minimum Gasteiger partial charge on any atom is -0.385 e. The van der Waals surface area contributed by atoms with Gasteiger partial charge in [0.15, 0.2) is 0 Å². The average molecular weight is 199 g/mol. The summed E-state index contributed by atoms with van der Waals surface area (Å²) in [6, 6.07) is 0.179. The molecule has 80 valence electrons. The molecule has 1 unspecified atom stereocenters. The number of nitrogens with zero attached hydrogens (tertiary/aromatic N) is 3. The second kappa shape index (κ2) is 5.69. The summed E-state index contributed by atoms with van der Waals surface area (Å²) < 4.78 is 6.73. The molecular weight excluding hydrogens is 182 g/mol. The number of aromatic nitrogens is 3. The van der Waals surface area contributed by atoms with E-state index in [1.54, 1.807) is 18.1 Å². The van der Waals surface area contributed by atoms with E-state index in [9.17, 15) is 0 Å². The van der Waals surface area contributed by atoms with Gasteiger partial charge in [-0.15, -0.1) is 0 Å². The Morgan fingerprint density at radius 1 is 1.71 bits per heavy atom. The number of hydrogen-bond donors (Lipinski definition) is 2. The molecule has 1 rings (SSSR count). The molecule has 14 heavy (non-hydrogen) atoms. The van der Waals surface area contributed by atoms with Crippen molar-refractivity contribution in [3.05, 3.63) is 12.2 Å². The number of aryl methyl sites for hydroxylation is 1. The van der Waals surface area contributed by atoms with Crippen LogP contribution in [0.1, 0.15) is 12.2 Å². The highest BCUT2D eigenvalue weighted by atomic mass is 16.5. The number of ether oxygens (including phenoxy) is 1. The Balaban J connectivity index is 2.44. The maximum atomic E-state index is 5.42. The van der Waals surface area contributed by atoms with Crippen LogP contribution in [0.4, 0.5) is 0 Å². The van der Waals surface area contributed by atoms with E-state index < -0.39 is 0 Å². The van der Waals surface area contributed by atoms with Crippen LogP contribution in [-0.4, -0.2) is 34.5 Å². The number of nitrogens with two attached hydrogens (primary N) is 1. The predicted molar refractivity (Wildman–Crippen MR) is 52.3 cm³/mol. The van der Waals surface area contributed by atoms with Crippen molar-refractivity contribution < 1.29 is 4.74 Å². The van der Waals surface area contributed by atoms with Crippen molar-refractivity contribution in [1.29, 1.82) is 0 Å². The quantitative estimate of drug-likeness (QED) is 0.464. The van der Waals surface area contributed by atoms with E-state index in [2.05, 4.69) is 15.5 Å². The summed E-state index contributed by atoms with van der Waals surface area (Å²) in [5.74, 6) is 6.34. The molecule has 1 atom stereocenters. The lowest BCUT2D eigenvalue weighted by Gasteiger charge is -2.14. The first-order valence-corrected chi connectivity index (χ1v) is 4.56. The SMILES string of the molecule is COCCC(Cc1ncnn1C)NN. The monoisotopic (exact) mass is 199 g/mol. The molecule has 0 spiro atoms. The molecule has 0 aliphatic rings. The molecule has 0 fully saturated rings. The average Bonchev–Trinajstić information content (AvgIpc) is 2.59. The van der Waals surface area contributed by atoms with Crippen molar-refractivity contribution in [1.82, 2.24) is 20.2 Å². The zero-order valence-electron chi connectivity index (χ0n) is 8.60. The summed E-state index contributed by atoms with van der Waals surface area (Å²) in [5, 5.41) is 3.99. The minimum atomic E-state index is 0.179. The lowest BCUT2D eigenvalue weighted by Crippen LogP contribution is -2.38. The summed E-state index contributed by atoms with van der Waals surface area (Å²) in [4.78, 5) is 4.13. The van der Waals surface area contributed by atoms with Crippen LogP contribution in [-0.2, 0) is 18.2 Å². The molecule has 1 aromatic heterocycles. The van der Waals surface area contributed by atoms with Crippen molar-refractivity contribution in [2.24, 2.45) is 12.9 Å². The maximum Gasteiger partial charge on any atom is 0.138 e. The van der Waals surface area contributed by atoms with E-state index in [0.717, 1.165) is 18.7 Å². The molecule has 6 heteroatoms.